The number of carbonyl (C=O) groups excluding carboxylic acids is 1. The standard InChI is InChI=1S/C20H14ClFN2O5S/c1-28-19-17(21)5-12-6-18(19)30(26,27)24-15-4-13(8-23-9-15)16-7-14(22)3-2-11(16)10-29-20(12)25/h2-9,24H,10H2,1H3. The third-order valence-electron chi connectivity index (χ3n) is 4.47. The molecule has 2 heterocycles. The van der Waals surface area contributed by atoms with Crippen LogP contribution in [0.3, 0.4) is 0 Å². The van der Waals surface area contributed by atoms with Crippen molar-refractivity contribution in [3.8, 4) is 16.9 Å². The number of esters is 1. The number of benzene rings is 2. The molecule has 1 aromatic heterocycles. The fourth-order valence-electron chi connectivity index (χ4n) is 3.11. The zero-order valence-corrected chi connectivity index (χ0v) is 17.1. The highest BCUT2D eigenvalue weighted by molar-refractivity contribution is 7.92. The van der Waals surface area contributed by atoms with Gasteiger partial charge in [0.05, 0.1) is 29.6 Å². The number of pyridine rings is 1. The van der Waals surface area contributed by atoms with Crippen LogP contribution in [0, 0.1) is 5.82 Å². The lowest BCUT2D eigenvalue weighted by molar-refractivity contribution is 0.0473. The van der Waals surface area contributed by atoms with Gasteiger partial charge in [0.1, 0.15) is 17.3 Å². The second-order valence-corrected chi connectivity index (χ2v) is 8.49. The number of ether oxygens (including phenoxy) is 2. The quantitative estimate of drug-likeness (QED) is 0.565. The lowest BCUT2D eigenvalue weighted by Crippen LogP contribution is -2.16. The van der Waals surface area contributed by atoms with Crippen molar-refractivity contribution in [1.82, 2.24) is 4.98 Å². The Morgan fingerprint density at radius 3 is 2.73 bits per heavy atom. The maximum atomic E-state index is 13.9. The van der Waals surface area contributed by atoms with Gasteiger partial charge in [-0.1, -0.05) is 17.7 Å². The van der Waals surface area contributed by atoms with E-state index in [-0.39, 0.29) is 33.5 Å². The predicted octanol–water partition coefficient (Wildman–Crippen LogP) is 4.02. The van der Waals surface area contributed by atoms with Gasteiger partial charge < -0.3 is 9.47 Å². The van der Waals surface area contributed by atoms with Crippen molar-refractivity contribution in [2.75, 3.05) is 11.8 Å². The highest BCUT2D eigenvalue weighted by Gasteiger charge is 2.26. The number of halogens is 2. The van der Waals surface area contributed by atoms with Gasteiger partial charge in [-0.3, -0.25) is 9.71 Å². The van der Waals surface area contributed by atoms with Crippen molar-refractivity contribution in [3.63, 3.8) is 0 Å². The van der Waals surface area contributed by atoms with Crippen LogP contribution in [0.1, 0.15) is 15.9 Å². The fraction of sp³-hybridized carbons (Fsp3) is 0.100. The largest absolute Gasteiger partial charge is 0.494 e. The van der Waals surface area contributed by atoms with Crippen molar-refractivity contribution in [3.05, 3.63) is 70.8 Å². The molecule has 0 unspecified atom stereocenters. The highest BCUT2D eigenvalue weighted by Crippen LogP contribution is 2.36. The number of hydrogen-bond donors (Lipinski definition) is 1. The number of hydrogen-bond acceptors (Lipinski definition) is 6. The van der Waals surface area contributed by atoms with Gasteiger partial charge in [-0.2, -0.15) is 0 Å². The number of carbonyl (C=O) groups is 1. The van der Waals surface area contributed by atoms with Gasteiger partial charge in [0.25, 0.3) is 10.0 Å². The molecule has 3 aromatic rings. The molecule has 0 spiro atoms. The van der Waals surface area contributed by atoms with Crippen molar-refractivity contribution in [2.24, 2.45) is 0 Å². The minimum atomic E-state index is -4.21. The Morgan fingerprint density at radius 2 is 1.97 bits per heavy atom. The van der Waals surface area contributed by atoms with E-state index in [1.165, 1.54) is 49.8 Å². The number of cyclic esters (lactones) is 1. The smallest absolute Gasteiger partial charge is 0.338 e. The van der Waals surface area contributed by atoms with Gasteiger partial charge in [0.2, 0.25) is 0 Å². The molecular weight excluding hydrogens is 435 g/mol. The zero-order valence-electron chi connectivity index (χ0n) is 15.5. The van der Waals surface area contributed by atoms with Crippen molar-refractivity contribution in [2.45, 2.75) is 11.5 Å². The molecule has 1 N–H and O–H groups in total. The minimum Gasteiger partial charge on any atom is -0.494 e. The average Bonchev–Trinajstić information content (AvgIpc) is 2.71. The summed E-state index contributed by atoms with van der Waals surface area (Å²) in [7, 11) is -2.95. The van der Waals surface area contributed by atoms with Crippen LogP contribution in [0.4, 0.5) is 10.1 Å². The van der Waals surface area contributed by atoms with Crippen molar-refractivity contribution in [1.29, 1.82) is 0 Å². The number of aromatic nitrogens is 1. The second kappa shape index (κ2) is 7.58. The number of sulfonamides is 1. The third-order valence-corrected chi connectivity index (χ3v) is 6.14. The summed E-state index contributed by atoms with van der Waals surface area (Å²) in [6.45, 7) is -0.169. The number of fused-ring (bicyclic) bond motifs is 6. The molecule has 4 bridgehead atoms. The normalized spacial score (nSPS) is 14.8. The molecule has 10 heteroatoms. The van der Waals surface area contributed by atoms with E-state index >= 15 is 0 Å². The molecule has 0 aliphatic carbocycles. The first kappa shape index (κ1) is 20.1. The summed E-state index contributed by atoms with van der Waals surface area (Å²) < 4.78 is 52.8. The van der Waals surface area contributed by atoms with E-state index in [0.717, 1.165) is 6.07 Å². The molecule has 0 saturated carbocycles. The molecule has 7 nitrogen and oxygen atoms in total. The summed E-state index contributed by atoms with van der Waals surface area (Å²) in [5, 5.41) is -0.0726. The lowest BCUT2D eigenvalue weighted by Gasteiger charge is -2.14. The maximum Gasteiger partial charge on any atom is 0.338 e. The Morgan fingerprint density at radius 1 is 1.17 bits per heavy atom. The molecular formula is C20H14ClFN2O5S. The van der Waals surface area contributed by atoms with Crippen LogP contribution in [0.2, 0.25) is 5.02 Å². The SMILES string of the molecule is COc1c(Cl)cc2cc1S(=O)(=O)Nc1cncc(c1)-c1cc(F)ccc1COC2=O. The van der Waals surface area contributed by atoms with Crippen LogP contribution in [0.25, 0.3) is 11.1 Å². The van der Waals surface area contributed by atoms with Crippen LogP contribution < -0.4 is 9.46 Å². The molecule has 154 valence electrons. The van der Waals surface area contributed by atoms with E-state index in [1.54, 1.807) is 0 Å². The Hall–Kier alpha value is -3.17. The maximum absolute atomic E-state index is 13.9. The van der Waals surface area contributed by atoms with Gasteiger partial charge in [-0.15, -0.1) is 0 Å². The summed E-state index contributed by atoms with van der Waals surface area (Å²) in [5.41, 5.74) is 1.44. The number of methoxy groups -OCH3 is 1. The first-order valence-electron chi connectivity index (χ1n) is 8.60. The topological polar surface area (TPSA) is 94.6 Å². The summed E-state index contributed by atoms with van der Waals surface area (Å²) >= 11 is 6.15. The van der Waals surface area contributed by atoms with Gasteiger partial charge >= 0.3 is 5.97 Å². The molecule has 0 fully saturated rings. The van der Waals surface area contributed by atoms with E-state index in [0.29, 0.717) is 16.7 Å². The van der Waals surface area contributed by atoms with Crippen LogP contribution in [0.15, 0.2) is 53.7 Å². The predicted molar refractivity (Wildman–Crippen MR) is 108 cm³/mol. The van der Waals surface area contributed by atoms with Crippen LogP contribution in [0.5, 0.6) is 5.75 Å². The molecule has 0 radical (unpaired) electrons. The Kier molecular flexibility index (Phi) is 5.08. The molecule has 1 aliphatic heterocycles. The first-order valence-corrected chi connectivity index (χ1v) is 10.5. The van der Waals surface area contributed by atoms with Gasteiger partial charge in [0.15, 0.2) is 5.75 Å². The van der Waals surface area contributed by atoms with Crippen LogP contribution in [-0.2, 0) is 21.4 Å². The Bertz CT molecular complexity index is 1280. The fourth-order valence-corrected chi connectivity index (χ4v) is 4.71. The molecule has 30 heavy (non-hydrogen) atoms. The molecule has 0 saturated heterocycles. The summed E-state index contributed by atoms with van der Waals surface area (Å²) in [5.74, 6) is -1.42. The first-order chi connectivity index (χ1) is 14.3. The van der Waals surface area contributed by atoms with E-state index < -0.39 is 21.8 Å². The van der Waals surface area contributed by atoms with Crippen molar-refractivity contribution >= 4 is 33.3 Å². The highest BCUT2D eigenvalue weighted by atomic mass is 35.5. The van der Waals surface area contributed by atoms with E-state index in [1.807, 2.05) is 0 Å². The number of nitrogens with zero attached hydrogens (tertiary/aromatic N) is 1. The van der Waals surface area contributed by atoms with Crippen molar-refractivity contribution < 1.29 is 27.1 Å². The van der Waals surface area contributed by atoms with Gasteiger partial charge in [-0.25, -0.2) is 17.6 Å². The lowest BCUT2D eigenvalue weighted by atomic mass is 10.0. The van der Waals surface area contributed by atoms with E-state index in [2.05, 4.69) is 9.71 Å². The molecule has 0 amide bonds. The van der Waals surface area contributed by atoms with E-state index in [9.17, 15) is 17.6 Å². The third kappa shape index (κ3) is 3.69. The van der Waals surface area contributed by atoms with Crippen LogP contribution >= 0.6 is 11.6 Å². The molecule has 2 aromatic carbocycles. The minimum absolute atomic E-state index is 0.0726. The summed E-state index contributed by atoms with van der Waals surface area (Å²) in [4.78, 5) is 16.3. The Labute approximate surface area is 176 Å². The zero-order chi connectivity index (χ0) is 21.5. The molecule has 1 aliphatic rings. The van der Waals surface area contributed by atoms with E-state index in [4.69, 9.17) is 21.1 Å². The van der Waals surface area contributed by atoms with Gasteiger partial charge in [0, 0.05) is 11.8 Å². The summed E-state index contributed by atoms with van der Waals surface area (Å²) in [6, 6.07) is 7.87. The average molecular weight is 449 g/mol. The number of nitrogens with one attached hydrogen (secondary N) is 1. The monoisotopic (exact) mass is 448 g/mol. The Balaban J connectivity index is 1.96. The molecule has 0 atom stereocenters. The number of rotatable bonds is 1. The van der Waals surface area contributed by atoms with Crippen LogP contribution in [-0.4, -0.2) is 26.5 Å². The summed E-state index contributed by atoms with van der Waals surface area (Å²) in [6.07, 6.45) is 2.76. The second-order valence-electron chi connectivity index (χ2n) is 6.43. The van der Waals surface area contributed by atoms with Gasteiger partial charge in [-0.05, 0) is 41.5 Å². The number of anilines is 1. The molecule has 4 rings (SSSR count).